The maximum absolute atomic E-state index is 11.8. The molecule has 0 aliphatic rings. The fourth-order valence-corrected chi connectivity index (χ4v) is 1.51. The van der Waals surface area contributed by atoms with E-state index in [-0.39, 0.29) is 25.2 Å². The van der Waals surface area contributed by atoms with Gasteiger partial charge in [-0.2, -0.15) is 0 Å². The zero-order valence-electron chi connectivity index (χ0n) is 12.2. The van der Waals surface area contributed by atoms with E-state index in [1.807, 2.05) is 39.0 Å². The normalized spacial score (nSPS) is 10.1. The summed E-state index contributed by atoms with van der Waals surface area (Å²) in [5.74, 6) is 5.60. The molecule has 0 saturated carbocycles. The topological polar surface area (TPSA) is 58.6 Å². The van der Waals surface area contributed by atoms with Gasteiger partial charge in [0, 0.05) is 12.0 Å². The highest BCUT2D eigenvalue weighted by atomic mass is 16.5. The van der Waals surface area contributed by atoms with Gasteiger partial charge in [0.05, 0.1) is 18.4 Å². The Bertz CT molecular complexity index is 512. The lowest BCUT2D eigenvalue weighted by Crippen LogP contribution is -2.21. The van der Waals surface area contributed by atoms with Gasteiger partial charge in [0.25, 0.3) is 0 Å². The molecule has 0 unspecified atom stereocenters. The molecule has 0 atom stereocenters. The van der Waals surface area contributed by atoms with E-state index >= 15 is 0 Å². The summed E-state index contributed by atoms with van der Waals surface area (Å²) in [7, 11) is 0. The van der Waals surface area contributed by atoms with Crippen LogP contribution in [-0.2, 0) is 9.53 Å². The Labute approximate surface area is 120 Å². The second-order valence-corrected chi connectivity index (χ2v) is 4.73. The van der Waals surface area contributed by atoms with Gasteiger partial charge in [-0.3, -0.25) is 4.79 Å². The predicted molar refractivity (Wildman–Crippen MR) is 79.5 cm³/mol. The van der Waals surface area contributed by atoms with Crippen LogP contribution in [0.5, 0.6) is 0 Å². The van der Waals surface area contributed by atoms with Crippen LogP contribution in [0.1, 0.15) is 31.4 Å². The van der Waals surface area contributed by atoms with Gasteiger partial charge in [0.1, 0.15) is 6.61 Å². The highest BCUT2D eigenvalue weighted by Crippen LogP contribution is 2.16. The number of hydrogen-bond donors (Lipinski definition) is 2. The van der Waals surface area contributed by atoms with Crippen molar-refractivity contribution in [3.05, 3.63) is 29.3 Å². The molecule has 0 fully saturated rings. The van der Waals surface area contributed by atoms with E-state index in [0.717, 1.165) is 11.1 Å². The number of aliphatic hydroxyl groups excluding tert-OH is 1. The third kappa shape index (κ3) is 5.87. The van der Waals surface area contributed by atoms with Crippen LogP contribution in [0.15, 0.2) is 18.2 Å². The van der Waals surface area contributed by atoms with Crippen molar-refractivity contribution in [1.82, 2.24) is 0 Å². The molecule has 4 heteroatoms. The first-order valence-corrected chi connectivity index (χ1v) is 6.64. The van der Waals surface area contributed by atoms with E-state index in [0.29, 0.717) is 12.1 Å². The summed E-state index contributed by atoms with van der Waals surface area (Å²) in [5.41, 5.74) is 2.45. The Morgan fingerprint density at radius 1 is 1.45 bits per heavy atom. The minimum absolute atomic E-state index is 0.0158. The van der Waals surface area contributed by atoms with Crippen molar-refractivity contribution in [2.45, 2.75) is 33.3 Å². The number of rotatable bonds is 5. The number of nitrogens with one attached hydrogen (secondary N) is 1. The lowest BCUT2D eigenvalue weighted by molar-refractivity contribution is -0.121. The zero-order valence-corrected chi connectivity index (χ0v) is 12.2. The summed E-state index contributed by atoms with van der Waals surface area (Å²) in [6.45, 7) is 5.76. The summed E-state index contributed by atoms with van der Waals surface area (Å²) in [6, 6.07) is 5.66. The van der Waals surface area contributed by atoms with Crippen LogP contribution in [0, 0.1) is 18.8 Å². The number of amides is 1. The van der Waals surface area contributed by atoms with E-state index in [4.69, 9.17) is 9.84 Å². The van der Waals surface area contributed by atoms with Gasteiger partial charge in [0.2, 0.25) is 5.91 Å². The number of benzene rings is 1. The molecule has 1 rings (SSSR count). The van der Waals surface area contributed by atoms with Crippen molar-refractivity contribution in [2.24, 2.45) is 0 Å². The first kappa shape index (κ1) is 16.2. The number of anilines is 1. The van der Waals surface area contributed by atoms with Crippen LogP contribution in [0.4, 0.5) is 5.69 Å². The number of aryl methyl sites for hydroxylation is 1. The zero-order chi connectivity index (χ0) is 15.0. The van der Waals surface area contributed by atoms with Crippen molar-refractivity contribution < 1.29 is 14.6 Å². The number of hydrogen-bond acceptors (Lipinski definition) is 3. The second-order valence-electron chi connectivity index (χ2n) is 4.73. The molecule has 0 bridgehead atoms. The molecule has 1 aromatic rings. The minimum atomic E-state index is -0.200. The molecule has 2 N–H and O–H groups in total. The van der Waals surface area contributed by atoms with E-state index in [9.17, 15) is 4.79 Å². The molecule has 1 aromatic carbocycles. The quantitative estimate of drug-likeness (QED) is 0.809. The van der Waals surface area contributed by atoms with E-state index < -0.39 is 0 Å². The second kappa shape index (κ2) is 8.36. The first-order chi connectivity index (χ1) is 9.52. The minimum Gasteiger partial charge on any atom is -0.395 e. The molecule has 0 heterocycles. The molecule has 108 valence electrons. The average molecular weight is 275 g/mol. The Balaban J connectivity index is 2.79. The summed E-state index contributed by atoms with van der Waals surface area (Å²) in [6.07, 6.45) is 0.430. The van der Waals surface area contributed by atoms with Gasteiger partial charge in [0.15, 0.2) is 0 Å². The Morgan fingerprint density at radius 3 is 2.85 bits per heavy atom. The van der Waals surface area contributed by atoms with Gasteiger partial charge in [-0.05, 0) is 38.5 Å². The highest BCUT2D eigenvalue weighted by molar-refractivity contribution is 5.93. The molecule has 0 saturated heterocycles. The van der Waals surface area contributed by atoms with Crippen LogP contribution in [0.2, 0.25) is 0 Å². The number of aliphatic hydroxyl groups is 1. The Kier molecular flexibility index (Phi) is 6.78. The van der Waals surface area contributed by atoms with Gasteiger partial charge in [-0.25, -0.2) is 0 Å². The smallest absolute Gasteiger partial charge is 0.250 e. The van der Waals surface area contributed by atoms with Crippen LogP contribution in [0.25, 0.3) is 0 Å². The molecule has 0 aliphatic carbocycles. The van der Waals surface area contributed by atoms with E-state index in [1.54, 1.807) is 0 Å². The van der Waals surface area contributed by atoms with E-state index in [1.165, 1.54) is 0 Å². The summed E-state index contributed by atoms with van der Waals surface area (Å²) >= 11 is 0. The molecule has 20 heavy (non-hydrogen) atoms. The van der Waals surface area contributed by atoms with Gasteiger partial charge < -0.3 is 15.2 Å². The molecule has 1 amide bonds. The standard InChI is InChI=1S/C16H21NO3/c1-12(2)20-11-16(19)17-15-10-13(3)7-8-14(15)6-4-5-9-18/h7-8,10,12,18H,5,9,11H2,1-3H3,(H,17,19). The SMILES string of the molecule is Cc1ccc(C#CCCO)c(NC(=O)COC(C)C)c1. The van der Waals surface area contributed by atoms with Gasteiger partial charge >= 0.3 is 0 Å². The van der Waals surface area contributed by atoms with E-state index in [2.05, 4.69) is 17.2 Å². The number of carbonyl (C=O) groups excluding carboxylic acids is 1. The number of ether oxygens (including phenoxy) is 1. The third-order valence-corrected chi connectivity index (χ3v) is 2.46. The van der Waals surface area contributed by atoms with Crippen LogP contribution < -0.4 is 5.32 Å². The molecular weight excluding hydrogens is 254 g/mol. The molecule has 0 aromatic heterocycles. The number of carbonyl (C=O) groups is 1. The van der Waals surface area contributed by atoms with Crippen molar-refractivity contribution in [1.29, 1.82) is 0 Å². The molecule has 0 radical (unpaired) electrons. The van der Waals surface area contributed by atoms with Crippen LogP contribution in [0.3, 0.4) is 0 Å². The predicted octanol–water partition coefficient (Wildman–Crippen LogP) is 2.09. The van der Waals surface area contributed by atoms with Gasteiger partial charge in [-0.15, -0.1) is 0 Å². The van der Waals surface area contributed by atoms with Crippen molar-refractivity contribution >= 4 is 11.6 Å². The molecule has 0 spiro atoms. The van der Waals surface area contributed by atoms with Crippen molar-refractivity contribution in [3.63, 3.8) is 0 Å². The Morgan fingerprint density at radius 2 is 2.20 bits per heavy atom. The summed E-state index contributed by atoms with van der Waals surface area (Å²) in [4.78, 5) is 11.8. The monoisotopic (exact) mass is 275 g/mol. The van der Waals surface area contributed by atoms with Crippen molar-refractivity contribution in [3.8, 4) is 11.8 Å². The van der Waals surface area contributed by atoms with Gasteiger partial charge in [-0.1, -0.05) is 17.9 Å². The maximum atomic E-state index is 11.8. The van der Waals surface area contributed by atoms with Crippen LogP contribution >= 0.6 is 0 Å². The Hall–Kier alpha value is -1.83. The molecule has 4 nitrogen and oxygen atoms in total. The van der Waals surface area contributed by atoms with Crippen molar-refractivity contribution in [2.75, 3.05) is 18.5 Å². The fraction of sp³-hybridized carbons (Fsp3) is 0.438. The molecular formula is C16H21NO3. The lowest BCUT2D eigenvalue weighted by atomic mass is 10.1. The largest absolute Gasteiger partial charge is 0.395 e. The molecule has 0 aliphatic heterocycles. The summed E-state index contributed by atoms with van der Waals surface area (Å²) < 4.78 is 5.26. The average Bonchev–Trinajstić information content (AvgIpc) is 2.39. The van der Waals surface area contributed by atoms with Crippen LogP contribution in [-0.4, -0.2) is 30.3 Å². The highest BCUT2D eigenvalue weighted by Gasteiger charge is 2.07. The maximum Gasteiger partial charge on any atom is 0.250 e. The lowest BCUT2D eigenvalue weighted by Gasteiger charge is -2.10. The first-order valence-electron chi connectivity index (χ1n) is 6.64. The summed E-state index contributed by atoms with van der Waals surface area (Å²) in [5, 5.41) is 11.5. The fourth-order valence-electron chi connectivity index (χ4n) is 1.51. The third-order valence-electron chi connectivity index (χ3n) is 2.46.